The molecule has 5 heteroatoms. The molecule has 2 fully saturated rings. The summed E-state index contributed by atoms with van der Waals surface area (Å²) in [5.41, 5.74) is 5.54. The Morgan fingerprint density at radius 1 is 1.60 bits per heavy atom. The monoisotopic (exact) mass is 213 g/mol. The number of morpholine rings is 1. The maximum Gasteiger partial charge on any atom is 0.318 e. The minimum absolute atomic E-state index is 0.00819. The molecule has 1 aliphatic carbocycles. The standard InChI is InChI=1S/C10H19N3O2/c1-7-6-15-9(4-11)5-13(7)10(14)12-8-2-3-8/h7-9H,2-6,11H2,1H3,(H,12,14). The highest BCUT2D eigenvalue weighted by Gasteiger charge is 2.32. The van der Waals surface area contributed by atoms with Gasteiger partial charge in [-0.25, -0.2) is 4.79 Å². The first-order valence-electron chi connectivity index (χ1n) is 5.59. The van der Waals surface area contributed by atoms with Crippen LogP contribution in [0.2, 0.25) is 0 Å². The van der Waals surface area contributed by atoms with E-state index in [9.17, 15) is 4.79 Å². The van der Waals surface area contributed by atoms with Gasteiger partial charge in [-0.3, -0.25) is 0 Å². The highest BCUT2D eigenvalue weighted by molar-refractivity contribution is 5.75. The van der Waals surface area contributed by atoms with Gasteiger partial charge in [0.2, 0.25) is 0 Å². The minimum atomic E-state index is -0.00819. The number of rotatable bonds is 2. The van der Waals surface area contributed by atoms with Gasteiger partial charge < -0.3 is 20.7 Å². The lowest BCUT2D eigenvalue weighted by molar-refractivity contribution is -0.0362. The Morgan fingerprint density at radius 3 is 2.93 bits per heavy atom. The van der Waals surface area contributed by atoms with E-state index in [1.165, 1.54) is 0 Å². The zero-order chi connectivity index (χ0) is 10.8. The Morgan fingerprint density at radius 2 is 2.33 bits per heavy atom. The largest absolute Gasteiger partial charge is 0.373 e. The Bertz CT molecular complexity index is 243. The number of carbonyl (C=O) groups is 1. The van der Waals surface area contributed by atoms with Crippen LogP contribution < -0.4 is 11.1 Å². The van der Waals surface area contributed by atoms with Crippen LogP contribution in [0.1, 0.15) is 19.8 Å². The van der Waals surface area contributed by atoms with E-state index in [1.54, 1.807) is 0 Å². The number of nitrogens with zero attached hydrogens (tertiary/aromatic N) is 1. The van der Waals surface area contributed by atoms with Gasteiger partial charge in [-0.2, -0.15) is 0 Å². The van der Waals surface area contributed by atoms with Gasteiger partial charge >= 0.3 is 6.03 Å². The fraction of sp³-hybridized carbons (Fsp3) is 0.900. The van der Waals surface area contributed by atoms with Crippen LogP contribution in [0.25, 0.3) is 0 Å². The second kappa shape index (κ2) is 4.37. The molecule has 0 bridgehead atoms. The molecule has 3 N–H and O–H groups in total. The molecule has 5 nitrogen and oxygen atoms in total. The fourth-order valence-electron chi connectivity index (χ4n) is 1.73. The fourth-order valence-corrected chi connectivity index (χ4v) is 1.73. The van der Waals surface area contributed by atoms with Crippen molar-refractivity contribution < 1.29 is 9.53 Å². The third-order valence-electron chi connectivity index (χ3n) is 2.93. The van der Waals surface area contributed by atoms with Crippen molar-refractivity contribution in [3.63, 3.8) is 0 Å². The quantitative estimate of drug-likeness (QED) is 0.673. The first-order valence-corrected chi connectivity index (χ1v) is 5.59. The van der Waals surface area contributed by atoms with E-state index in [1.807, 2.05) is 11.8 Å². The normalized spacial score (nSPS) is 31.5. The van der Waals surface area contributed by atoms with Gasteiger partial charge in [0, 0.05) is 12.6 Å². The Hall–Kier alpha value is -0.810. The maximum atomic E-state index is 11.8. The first kappa shape index (κ1) is 10.7. The van der Waals surface area contributed by atoms with Gasteiger partial charge in [-0.1, -0.05) is 0 Å². The van der Waals surface area contributed by atoms with Crippen LogP contribution in [-0.4, -0.2) is 48.8 Å². The average Bonchev–Trinajstić information content (AvgIpc) is 3.02. The van der Waals surface area contributed by atoms with Gasteiger partial charge in [-0.05, 0) is 19.8 Å². The number of urea groups is 1. The summed E-state index contributed by atoms with van der Waals surface area (Å²) in [6.45, 7) is 3.66. The smallest absolute Gasteiger partial charge is 0.318 e. The van der Waals surface area contributed by atoms with Crippen molar-refractivity contribution in [2.75, 3.05) is 19.7 Å². The number of carbonyl (C=O) groups excluding carboxylic acids is 1. The molecule has 0 radical (unpaired) electrons. The molecule has 0 aromatic heterocycles. The molecular formula is C10H19N3O2. The summed E-state index contributed by atoms with van der Waals surface area (Å²) < 4.78 is 5.49. The van der Waals surface area contributed by atoms with E-state index in [-0.39, 0.29) is 18.2 Å². The van der Waals surface area contributed by atoms with Crippen LogP contribution in [-0.2, 0) is 4.74 Å². The van der Waals surface area contributed by atoms with Crippen molar-refractivity contribution >= 4 is 6.03 Å². The van der Waals surface area contributed by atoms with E-state index < -0.39 is 0 Å². The molecule has 0 spiro atoms. The molecule has 15 heavy (non-hydrogen) atoms. The SMILES string of the molecule is CC1COC(CN)CN1C(=O)NC1CC1. The van der Waals surface area contributed by atoms with Crippen LogP contribution in [0.4, 0.5) is 4.79 Å². The summed E-state index contributed by atoms with van der Waals surface area (Å²) in [5, 5.41) is 2.99. The number of hydrogen-bond acceptors (Lipinski definition) is 3. The molecule has 2 unspecified atom stereocenters. The predicted molar refractivity (Wildman–Crippen MR) is 56.5 cm³/mol. The third-order valence-corrected chi connectivity index (χ3v) is 2.93. The molecule has 1 saturated carbocycles. The summed E-state index contributed by atoms with van der Waals surface area (Å²) in [7, 11) is 0. The first-order chi connectivity index (χ1) is 7.20. The summed E-state index contributed by atoms with van der Waals surface area (Å²) >= 11 is 0. The summed E-state index contributed by atoms with van der Waals surface area (Å²) in [6, 6.07) is 0.585. The maximum absolute atomic E-state index is 11.8. The van der Waals surface area contributed by atoms with Gasteiger partial charge in [0.25, 0.3) is 0 Å². The van der Waals surface area contributed by atoms with Crippen molar-refractivity contribution in [3.8, 4) is 0 Å². The van der Waals surface area contributed by atoms with E-state index in [4.69, 9.17) is 10.5 Å². The highest BCUT2D eigenvalue weighted by atomic mass is 16.5. The molecule has 1 saturated heterocycles. The van der Waals surface area contributed by atoms with Crippen molar-refractivity contribution in [2.45, 2.75) is 38.0 Å². The molecule has 1 heterocycles. The molecule has 2 amide bonds. The molecular weight excluding hydrogens is 194 g/mol. The Kier molecular flexibility index (Phi) is 3.11. The summed E-state index contributed by atoms with van der Waals surface area (Å²) in [4.78, 5) is 13.7. The number of nitrogens with one attached hydrogen (secondary N) is 1. The Labute approximate surface area is 89.9 Å². The second-order valence-electron chi connectivity index (χ2n) is 4.42. The molecule has 1 aliphatic heterocycles. The van der Waals surface area contributed by atoms with E-state index in [0.29, 0.717) is 25.7 Å². The van der Waals surface area contributed by atoms with Crippen molar-refractivity contribution in [2.24, 2.45) is 5.73 Å². The lowest BCUT2D eigenvalue weighted by Crippen LogP contribution is -2.56. The van der Waals surface area contributed by atoms with Gasteiger partial charge in [0.05, 0.1) is 25.3 Å². The topological polar surface area (TPSA) is 67.6 Å². The van der Waals surface area contributed by atoms with Crippen LogP contribution in [0.5, 0.6) is 0 Å². The number of hydrogen-bond donors (Lipinski definition) is 2. The zero-order valence-corrected chi connectivity index (χ0v) is 9.11. The molecule has 2 atom stereocenters. The van der Waals surface area contributed by atoms with E-state index in [2.05, 4.69) is 5.32 Å². The molecule has 0 aromatic carbocycles. The number of ether oxygens (including phenoxy) is 1. The summed E-state index contributed by atoms with van der Waals surface area (Å²) in [6.07, 6.45) is 2.22. The van der Waals surface area contributed by atoms with Crippen molar-refractivity contribution in [3.05, 3.63) is 0 Å². The third kappa shape index (κ3) is 2.60. The van der Waals surface area contributed by atoms with E-state index in [0.717, 1.165) is 12.8 Å². The van der Waals surface area contributed by atoms with Crippen LogP contribution in [0.3, 0.4) is 0 Å². The van der Waals surface area contributed by atoms with Gasteiger partial charge in [0.15, 0.2) is 0 Å². The van der Waals surface area contributed by atoms with Crippen molar-refractivity contribution in [1.29, 1.82) is 0 Å². The lowest BCUT2D eigenvalue weighted by Gasteiger charge is -2.37. The molecule has 0 aromatic rings. The molecule has 2 rings (SSSR count). The lowest BCUT2D eigenvalue weighted by atomic mass is 10.2. The van der Waals surface area contributed by atoms with E-state index >= 15 is 0 Å². The average molecular weight is 213 g/mol. The van der Waals surface area contributed by atoms with Gasteiger partial charge in [0.1, 0.15) is 0 Å². The Balaban J connectivity index is 1.88. The predicted octanol–water partition coefficient (Wildman–Crippen LogP) is -0.0936. The number of nitrogens with two attached hydrogens (primary N) is 1. The van der Waals surface area contributed by atoms with Crippen LogP contribution in [0.15, 0.2) is 0 Å². The minimum Gasteiger partial charge on any atom is -0.373 e. The zero-order valence-electron chi connectivity index (χ0n) is 9.11. The van der Waals surface area contributed by atoms with Gasteiger partial charge in [-0.15, -0.1) is 0 Å². The van der Waals surface area contributed by atoms with Crippen molar-refractivity contribution in [1.82, 2.24) is 10.2 Å². The highest BCUT2D eigenvalue weighted by Crippen LogP contribution is 2.20. The van der Waals surface area contributed by atoms with Crippen LogP contribution >= 0.6 is 0 Å². The number of amides is 2. The summed E-state index contributed by atoms with van der Waals surface area (Å²) in [5.74, 6) is 0. The van der Waals surface area contributed by atoms with Crippen LogP contribution in [0, 0.1) is 0 Å². The molecule has 86 valence electrons. The second-order valence-corrected chi connectivity index (χ2v) is 4.42. The molecule has 2 aliphatic rings.